The molecule has 0 unspecified atom stereocenters. The first-order valence-corrected chi connectivity index (χ1v) is 11.9. The number of methoxy groups -OCH3 is 1. The van der Waals surface area contributed by atoms with E-state index < -0.39 is 6.29 Å². The molecular formula is C29H34O5. The van der Waals surface area contributed by atoms with Crippen LogP contribution in [0.3, 0.4) is 0 Å². The molecule has 0 aliphatic carbocycles. The van der Waals surface area contributed by atoms with Gasteiger partial charge in [-0.2, -0.15) is 0 Å². The van der Waals surface area contributed by atoms with Crippen molar-refractivity contribution in [1.29, 1.82) is 0 Å². The van der Waals surface area contributed by atoms with Crippen molar-refractivity contribution in [2.45, 2.75) is 51.3 Å². The van der Waals surface area contributed by atoms with Gasteiger partial charge < -0.3 is 23.7 Å². The summed E-state index contributed by atoms with van der Waals surface area (Å²) in [6.07, 6.45) is -1.24. The summed E-state index contributed by atoms with van der Waals surface area (Å²) >= 11 is 0. The maximum atomic E-state index is 6.47. The molecule has 1 saturated heterocycles. The summed E-state index contributed by atoms with van der Waals surface area (Å²) in [6, 6.07) is 30.5. The van der Waals surface area contributed by atoms with Crippen LogP contribution in [0.15, 0.2) is 91.0 Å². The molecule has 5 atom stereocenters. The molecule has 4 rings (SSSR count). The molecule has 34 heavy (non-hydrogen) atoms. The van der Waals surface area contributed by atoms with E-state index in [1.165, 1.54) is 0 Å². The van der Waals surface area contributed by atoms with E-state index in [-0.39, 0.29) is 24.2 Å². The van der Waals surface area contributed by atoms with Crippen molar-refractivity contribution >= 4 is 0 Å². The molecule has 3 aromatic carbocycles. The van der Waals surface area contributed by atoms with Gasteiger partial charge in [0.2, 0.25) is 0 Å². The van der Waals surface area contributed by atoms with E-state index in [0.29, 0.717) is 26.4 Å². The molecule has 5 heteroatoms. The summed E-state index contributed by atoms with van der Waals surface area (Å²) in [5.74, 6) is -0.0140. The van der Waals surface area contributed by atoms with Gasteiger partial charge in [0, 0.05) is 13.0 Å². The number of benzene rings is 3. The summed E-state index contributed by atoms with van der Waals surface area (Å²) in [6.45, 7) is 3.94. The lowest BCUT2D eigenvalue weighted by Crippen LogP contribution is -2.57. The topological polar surface area (TPSA) is 46.2 Å². The highest BCUT2D eigenvalue weighted by Crippen LogP contribution is 2.32. The second kappa shape index (κ2) is 12.8. The highest BCUT2D eigenvalue weighted by Gasteiger charge is 2.45. The quantitative estimate of drug-likeness (QED) is 0.383. The lowest BCUT2D eigenvalue weighted by Gasteiger charge is -2.44. The number of hydrogen-bond donors (Lipinski definition) is 0. The van der Waals surface area contributed by atoms with E-state index in [0.717, 1.165) is 16.7 Å². The molecule has 1 heterocycles. The summed E-state index contributed by atoms with van der Waals surface area (Å²) < 4.78 is 31.0. The van der Waals surface area contributed by atoms with E-state index in [1.54, 1.807) is 7.11 Å². The van der Waals surface area contributed by atoms with Gasteiger partial charge in [-0.1, -0.05) is 97.9 Å². The first-order valence-electron chi connectivity index (χ1n) is 11.9. The van der Waals surface area contributed by atoms with Gasteiger partial charge in [-0.15, -0.1) is 0 Å². The summed E-state index contributed by atoms with van der Waals surface area (Å²) in [5.41, 5.74) is 3.34. The molecule has 5 nitrogen and oxygen atoms in total. The predicted molar refractivity (Wildman–Crippen MR) is 131 cm³/mol. The van der Waals surface area contributed by atoms with Crippen molar-refractivity contribution in [2.75, 3.05) is 13.7 Å². The van der Waals surface area contributed by atoms with E-state index in [4.69, 9.17) is 23.7 Å². The SMILES string of the molecule is CO[C@H]1O[C@H](COCc2ccccc2)[C@@H](OCc2ccccc2)[C@H](OCc2ccccc2)[C@H]1C. The summed E-state index contributed by atoms with van der Waals surface area (Å²) in [4.78, 5) is 0. The van der Waals surface area contributed by atoms with E-state index in [9.17, 15) is 0 Å². The van der Waals surface area contributed by atoms with Gasteiger partial charge >= 0.3 is 0 Å². The molecule has 0 radical (unpaired) electrons. The highest BCUT2D eigenvalue weighted by atomic mass is 16.7. The molecule has 0 saturated carbocycles. The van der Waals surface area contributed by atoms with Crippen LogP contribution < -0.4 is 0 Å². The standard InChI is InChI=1S/C29H34O5/c1-22-27(32-19-24-14-8-4-9-15-24)28(33-20-25-16-10-5-11-17-25)26(34-29(22)30-2)21-31-18-23-12-6-3-7-13-23/h3-17,22,26-29H,18-21H2,1-2H3/t22-,26-,27-,28-,29+/m1/s1. The second-order valence-corrected chi connectivity index (χ2v) is 8.66. The minimum Gasteiger partial charge on any atom is -0.374 e. The van der Waals surface area contributed by atoms with Crippen LogP contribution in [0, 0.1) is 5.92 Å². The Labute approximate surface area is 202 Å². The molecule has 0 aromatic heterocycles. The van der Waals surface area contributed by atoms with Gasteiger partial charge in [0.05, 0.1) is 32.5 Å². The molecule has 1 aliphatic heterocycles. The van der Waals surface area contributed by atoms with E-state index >= 15 is 0 Å². The van der Waals surface area contributed by atoms with Crippen LogP contribution >= 0.6 is 0 Å². The predicted octanol–water partition coefficient (Wildman–Crippen LogP) is 5.38. The second-order valence-electron chi connectivity index (χ2n) is 8.66. The molecule has 0 amide bonds. The van der Waals surface area contributed by atoms with Crippen molar-refractivity contribution in [3.05, 3.63) is 108 Å². The molecule has 0 spiro atoms. The first kappa shape index (κ1) is 24.6. The summed E-state index contributed by atoms with van der Waals surface area (Å²) in [5, 5.41) is 0. The Morgan fingerprint density at radius 2 is 1.12 bits per heavy atom. The van der Waals surface area contributed by atoms with Crippen LogP contribution in [0.25, 0.3) is 0 Å². The molecule has 180 valence electrons. The monoisotopic (exact) mass is 462 g/mol. The van der Waals surface area contributed by atoms with Crippen LogP contribution in [0.1, 0.15) is 23.6 Å². The lowest BCUT2D eigenvalue weighted by atomic mass is 9.91. The third kappa shape index (κ3) is 6.75. The van der Waals surface area contributed by atoms with Crippen LogP contribution in [-0.2, 0) is 43.5 Å². The zero-order valence-corrected chi connectivity index (χ0v) is 19.9. The minimum absolute atomic E-state index is 0.0140. The van der Waals surface area contributed by atoms with Gasteiger partial charge in [-0.3, -0.25) is 0 Å². The average molecular weight is 463 g/mol. The molecular weight excluding hydrogens is 428 g/mol. The smallest absolute Gasteiger partial charge is 0.162 e. The molecule has 0 N–H and O–H groups in total. The Kier molecular flexibility index (Phi) is 9.25. The fraction of sp³-hybridized carbons (Fsp3) is 0.379. The highest BCUT2D eigenvalue weighted by molar-refractivity contribution is 5.15. The van der Waals surface area contributed by atoms with Crippen molar-refractivity contribution in [1.82, 2.24) is 0 Å². The molecule has 3 aromatic rings. The maximum absolute atomic E-state index is 6.47. The number of hydrogen-bond acceptors (Lipinski definition) is 5. The fourth-order valence-electron chi connectivity index (χ4n) is 4.29. The zero-order valence-electron chi connectivity index (χ0n) is 19.9. The van der Waals surface area contributed by atoms with Crippen molar-refractivity contribution in [2.24, 2.45) is 5.92 Å². The third-order valence-corrected chi connectivity index (χ3v) is 6.14. The van der Waals surface area contributed by atoms with Crippen LogP contribution in [0.4, 0.5) is 0 Å². The molecule has 1 aliphatic rings. The minimum atomic E-state index is -0.400. The van der Waals surface area contributed by atoms with Gasteiger partial charge in [0.15, 0.2) is 6.29 Å². The van der Waals surface area contributed by atoms with Crippen molar-refractivity contribution in [3.8, 4) is 0 Å². The summed E-state index contributed by atoms with van der Waals surface area (Å²) in [7, 11) is 1.67. The van der Waals surface area contributed by atoms with Crippen LogP contribution in [-0.4, -0.2) is 38.3 Å². The van der Waals surface area contributed by atoms with E-state index in [2.05, 4.69) is 43.3 Å². The van der Waals surface area contributed by atoms with Gasteiger partial charge in [-0.05, 0) is 16.7 Å². The van der Waals surface area contributed by atoms with E-state index in [1.807, 2.05) is 54.6 Å². The molecule has 1 fully saturated rings. The van der Waals surface area contributed by atoms with Crippen molar-refractivity contribution < 1.29 is 23.7 Å². The number of ether oxygens (including phenoxy) is 5. The normalized spacial score (nSPS) is 24.7. The van der Waals surface area contributed by atoms with Crippen molar-refractivity contribution in [3.63, 3.8) is 0 Å². The van der Waals surface area contributed by atoms with Gasteiger partial charge in [-0.25, -0.2) is 0 Å². The van der Waals surface area contributed by atoms with Crippen LogP contribution in [0.2, 0.25) is 0 Å². The van der Waals surface area contributed by atoms with Gasteiger partial charge in [0.25, 0.3) is 0 Å². The maximum Gasteiger partial charge on any atom is 0.162 e. The first-order chi connectivity index (χ1) is 16.7. The Bertz CT molecular complexity index is 950. The largest absolute Gasteiger partial charge is 0.374 e. The Morgan fingerprint density at radius 1 is 0.647 bits per heavy atom. The lowest BCUT2D eigenvalue weighted by molar-refractivity contribution is -0.296. The average Bonchev–Trinajstić information content (AvgIpc) is 2.89. The Morgan fingerprint density at radius 3 is 1.62 bits per heavy atom. The van der Waals surface area contributed by atoms with Crippen LogP contribution in [0.5, 0.6) is 0 Å². The van der Waals surface area contributed by atoms with Gasteiger partial charge in [0.1, 0.15) is 12.2 Å². The third-order valence-electron chi connectivity index (χ3n) is 6.14. The fourth-order valence-corrected chi connectivity index (χ4v) is 4.29. The zero-order chi connectivity index (χ0) is 23.6. The Balaban J connectivity index is 1.48. The Hall–Kier alpha value is -2.54. The molecule has 0 bridgehead atoms. The number of rotatable bonds is 11.